The Bertz CT molecular complexity index is 744. The second-order valence-corrected chi connectivity index (χ2v) is 4.58. The lowest BCUT2D eigenvalue weighted by molar-refractivity contribution is -0.384. The van der Waals surface area contributed by atoms with Crippen LogP contribution in [0, 0.1) is 10.1 Å². The predicted molar refractivity (Wildman–Crippen MR) is 83.9 cm³/mol. The van der Waals surface area contributed by atoms with Crippen LogP contribution < -0.4 is 5.43 Å². The average Bonchev–Trinajstić information content (AvgIpc) is 2.51. The topological polar surface area (TPSA) is 126 Å². The second-order valence-electron chi connectivity index (χ2n) is 4.58. The summed E-state index contributed by atoms with van der Waals surface area (Å²) in [6.45, 7) is -0.171. The van der Waals surface area contributed by atoms with Gasteiger partial charge >= 0.3 is 0 Å². The highest BCUT2D eigenvalue weighted by atomic mass is 35.5. The van der Waals surface area contributed by atoms with E-state index >= 15 is 0 Å². The summed E-state index contributed by atoms with van der Waals surface area (Å²) in [7, 11) is 0. The normalized spacial score (nSPS) is 11.6. The molecule has 0 amide bonds. The number of nitrogens with zero attached hydrogens (tertiary/aromatic N) is 2. The van der Waals surface area contributed by atoms with E-state index in [1.165, 1.54) is 35.0 Å². The lowest BCUT2D eigenvalue weighted by Crippen LogP contribution is -2.18. The van der Waals surface area contributed by atoms with Crippen molar-refractivity contribution in [2.45, 2.75) is 12.6 Å². The molecule has 2 rings (SSSR count). The molecule has 0 aliphatic carbocycles. The highest BCUT2D eigenvalue weighted by Gasteiger charge is 2.21. The first-order valence-electron chi connectivity index (χ1n) is 6.41. The summed E-state index contributed by atoms with van der Waals surface area (Å²) in [5.41, 5.74) is -0.597. The number of aromatic nitrogens is 1. The van der Waals surface area contributed by atoms with E-state index in [4.69, 9.17) is 5.11 Å². The van der Waals surface area contributed by atoms with E-state index in [1.807, 2.05) is 0 Å². The highest BCUT2D eigenvalue weighted by molar-refractivity contribution is 5.85. The Kier molecular flexibility index (Phi) is 6.26. The maximum Gasteiger partial charge on any atom is 0.269 e. The van der Waals surface area contributed by atoms with Crippen LogP contribution >= 0.6 is 12.4 Å². The summed E-state index contributed by atoms with van der Waals surface area (Å²) < 4.78 is 1.35. The van der Waals surface area contributed by atoms with E-state index in [9.17, 15) is 25.1 Å². The van der Waals surface area contributed by atoms with Gasteiger partial charge < -0.3 is 19.9 Å². The van der Waals surface area contributed by atoms with Gasteiger partial charge in [0.1, 0.15) is 6.10 Å². The Morgan fingerprint density at radius 1 is 1.22 bits per heavy atom. The van der Waals surface area contributed by atoms with E-state index < -0.39 is 22.2 Å². The number of non-ortho nitro benzene ring substituents is 1. The number of nitro benzene ring substituents is 1. The van der Waals surface area contributed by atoms with Crippen LogP contribution in [0.25, 0.3) is 0 Å². The van der Waals surface area contributed by atoms with E-state index in [2.05, 4.69) is 0 Å². The van der Waals surface area contributed by atoms with Gasteiger partial charge in [0.25, 0.3) is 5.69 Å². The molecule has 1 unspecified atom stereocenters. The van der Waals surface area contributed by atoms with Crippen LogP contribution in [0.4, 0.5) is 5.69 Å². The van der Waals surface area contributed by atoms with Crippen LogP contribution in [0.3, 0.4) is 0 Å². The van der Waals surface area contributed by atoms with Gasteiger partial charge in [-0.1, -0.05) is 0 Å². The summed E-state index contributed by atoms with van der Waals surface area (Å²) in [5, 5.41) is 39.9. The largest absolute Gasteiger partial charge is 0.503 e. The van der Waals surface area contributed by atoms with E-state index in [0.29, 0.717) is 0 Å². The summed E-state index contributed by atoms with van der Waals surface area (Å²) in [6.07, 6.45) is -0.0105. The lowest BCUT2D eigenvalue weighted by Gasteiger charge is -2.18. The maximum atomic E-state index is 11.5. The molecule has 124 valence electrons. The molecular weight excluding hydrogens is 328 g/mol. The van der Waals surface area contributed by atoms with Gasteiger partial charge in [0.2, 0.25) is 5.43 Å². The smallest absolute Gasteiger partial charge is 0.269 e. The first-order valence-corrected chi connectivity index (χ1v) is 6.41. The van der Waals surface area contributed by atoms with Crippen molar-refractivity contribution in [1.29, 1.82) is 0 Å². The molecule has 0 aliphatic heterocycles. The molecule has 8 nitrogen and oxygen atoms in total. The molecule has 0 aliphatic rings. The van der Waals surface area contributed by atoms with Crippen molar-refractivity contribution in [2.24, 2.45) is 0 Å². The molecule has 0 fully saturated rings. The number of aliphatic hydroxyl groups is 2. The third-order valence-corrected chi connectivity index (χ3v) is 3.21. The quantitative estimate of drug-likeness (QED) is 0.548. The highest BCUT2D eigenvalue weighted by Crippen LogP contribution is 2.28. The fourth-order valence-corrected chi connectivity index (χ4v) is 2.10. The Hall–Kier alpha value is -2.42. The maximum absolute atomic E-state index is 11.5. The van der Waals surface area contributed by atoms with Crippen LogP contribution in [0.5, 0.6) is 5.75 Å². The Balaban J connectivity index is 0.00000264. The molecule has 3 N–H and O–H groups in total. The number of rotatable bonds is 5. The molecule has 1 aromatic heterocycles. The molecule has 1 aromatic carbocycles. The van der Waals surface area contributed by atoms with Gasteiger partial charge in [-0.3, -0.25) is 14.9 Å². The van der Waals surface area contributed by atoms with Crippen LogP contribution in [0.2, 0.25) is 0 Å². The molecule has 0 radical (unpaired) electrons. The van der Waals surface area contributed by atoms with Crippen LogP contribution in [0.15, 0.2) is 41.3 Å². The molecule has 0 saturated heterocycles. The van der Waals surface area contributed by atoms with Gasteiger partial charge in [0, 0.05) is 30.9 Å². The summed E-state index contributed by atoms with van der Waals surface area (Å²) >= 11 is 0. The van der Waals surface area contributed by atoms with Gasteiger partial charge in [-0.2, -0.15) is 0 Å². The minimum atomic E-state index is -1.36. The van der Waals surface area contributed by atoms with Crippen molar-refractivity contribution >= 4 is 18.1 Å². The standard InChI is InChI=1S/C14H14N2O6.ClH/c17-8-7-15-6-5-11(18)14(20)12(15)13(19)9-1-3-10(4-2-9)16(21)22;/h1-6,13,17,19-20H,7-8H2;1H. The number of nitro groups is 1. The predicted octanol–water partition coefficient (Wildman–Crippen LogP) is 0.958. The minimum Gasteiger partial charge on any atom is -0.503 e. The molecule has 9 heteroatoms. The molecule has 23 heavy (non-hydrogen) atoms. The van der Waals surface area contributed by atoms with E-state index in [1.54, 1.807) is 0 Å². The molecule has 0 saturated carbocycles. The lowest BCUT2D eigenvalue weighted by atomic mass is 10.0. The Morgan fingerprint density at radius 3 is 2.35 bits per heavy atom. The number of hydrogen-bond acceptors (Lipinski definition) is 6. The van der Waals surface area contributed by atoms with Crippen molar-refractivity contribution in [2.75, 3.05) is 6.61 Å². The molecular formula is C14H15ClN2O6. The number of benzene rings is 1. The molecule has 0 spiro atoms. The van der Waals surface area contributed by atoms with Crippen LogP contribution in [0.1, 0.15) is 17.4 Å². The first-order chi connectivity index (χ1) is 10.5. The third-order valence-electron chi connectivity index (χ3n) is 3.21. The minimum absolute atomic E-state index is 0. The number of aromatic hydroxyl groups is 1. The Labute approximate surface area is 136 Å². The zero-order valence-corrected chi connectivity index (χ0v) is 12.6. The van der Waals surface area contributed by atoms with Gasteiger partial charge in [0.05, 0.1) is 17.2 Å². The summed E-state index contributed by atoms with van der Waals surface area (Å²) in [6, 6.07) is 6.23. The van der Waals surface area contributed by atoms with Crippen molar-refractivity contribution in [3.63, 3.8) is 0 Å². The van der Waals surface area contributed by atoms with Crippen molar-refractivity contribution in [3.8, 4) is 5.75 Å². The SMILES string of the molecule is Cl.O=c1ccn(CCO)c(C(O)c2ccc([N+](=O)[O-])cc2)c1O. The monoisotopic (exact) mass is 342 g/mol. The van der Waals surface area contributed by atoms with Gasteiger partial charge in [0.15, 0.2) is 5.75 Å². The zero-order valence-electron chi connectivity index (χ0n) is 11.8. The fraction of sp³-hybridized carbons (Fsp3) is 0.214. The molecule has 1 atom stereocenters. The third kappa shape index (κ3) is 3.86. The second kappa shape index (κ2) is 7.73. The summed E-state index contributed by atoms with van der Waals surface area (Å²) in [5.74, 6) is -0.623. The van der Waals surface area contributed by atoms with Crippen LogP contribution in [-0.2, 0) is 6.54 Å². The Morgan fingerprint density at radius 2 is 1.83 bits per heavy atom. The first kappa shape index (κ1) is 18.6. The zero-order chi connectivity index (χ0) is 16.3. The molecule has 1 heterocycles. The van der Waals surface area contributed by atoms with E-state index in [0.717, 1.165) is 6.07 Å². The van der Waals surface area contributed by atoms with Gasteiger partial charge in [-0.25, -0.2) is 0 Å². The number of aliphatic hydroxyl groups excluding tert-OH is 2. The number of hydrogen-bond donors (Lipinski definition) is 3. The van der Waals surface area contributed by atoms with E-state index in [-0.39, 0.29) is 42.5 Å². The molecule has 2 aromatic rings. The fourth-order valence-electron chi connectivity index (χ4n) is 2.10. The van der Waals surface area contributed by atoms with Crippen molar-refractivity contribution in [1.82, 2.24) is 4.57 Å². The molecule has 0 bridgehead atoms. The number of halogens is 1. The van der Waals surface area contributed by atoms with Gasteiger partial charge in [-0.05, 0) is 17.7 Å². The summed E-state index contributed by atoms with van der Waals surface area (Å²) in [4.78, 5) is 21.6. The average molecular weight is 343 g/mol. The van der Waals surface area contributed by atoms with Crippen LogP contribution in [-0.4, -0.2) is 31.4 Å². The van der Waals surface area contributed by atoms with Crippen molar-refractivity contribution in [3.05, 3.63) is 68.1 Å². The van der Waals surface area contributed by atoms with Gasteiger partial charge in [-0.15, -0.1) is 12.4 Å². The number of pyridine rings is 1. The van der Waals surface area contributed by atoms with Crippen molar-refractivity contribution < 1.29 is 20.2 Å².